The highest BCUT2D eigenvalue weighted by Gasteiger charge is 2.43. The molecule has 1 fully saturated rings. The number of sulfonamides is 1. The summed E-state index contributed by atoms with van der Waals surface area (Å²) in [5, 5.41) is 2.83. The van der Waals surface area contributed by atoms with Crippen LogP contribution in [0.2, 0.25) is 0 Å². The fourth-order valence-corrected chi connectivity index (χ4v) is 4.77. The molecule has 0 unspecified atom stereocenters. The van der Waals surface area contributed by atoms with E-state index in [-0.39, 0.29) is 5.91 Å². The summed E-state index contributed by atoms with van der Waals surface area (Å²) in [6.07, 6.45) is 2.58. The van der Waals surface area contributed by atoms with E-state index >= 15 is 0 Å². The lowest BCUT2D eigenvalue weighted by molar-refractivity contribution is -0.123. The Hall–Kier alpha value is -1.68. The minimum atomic E-state index is -3.36. The molecule has 2 heterocycles. The van der Waals surface area contributed by atoms with E-state index in [1.54, 1.807) is 7.11 Å². The van der Waals surface area contributed by atoms with Crippen molar-refractivity contribution in [3.05, 3.63) is 29.3 Å². The van der Waals surface area contributed by atoms with E-state index in [1.165, 1.54) is 10.6 Å². The topological polar surface area (TPSA) is 88.2 Å². The Morgan fingerprint density at radius 3 is 2.69 bits per heavy atom. The van der Waals surface area contributed by atoms with E-state index in [4.69, 9.17) is 9.47 Å². The second-order valence-corrected chi connectivity index (χ2v) is 10.0. The number of piperidine rings is 1. The highest BCUT2D eigenvalue weighted by molar-refractivity contribution is 7.88. The lowest BCUT2D eigenvalue weighted by Crippen LogP contribution is -2.55. The summed E-state index contributed by atoms with van der Waals surface area (Å²) in [6.45, 7) is 5.30. The maximum atomic E-state index is 12.4. The second-order valence-electron chi connectivity index (χ2n) is 8.05. The van der Waals surface area contributed by atoms with E-state index in [0.29, 0.717) is 58.7 Å². The molecule has 0 radical (unpaired) electrons. The normalized spacial score (nSPS) is 20.0. The van der Waals surface area contributed by atoms with Gasteiger partial charge in [-0.1, -0.05) is 17.7 Å². The second kappa shape index (κ2) is 8.99. The Kier molecular flexibility index (Phi) is 6.83. The first-order valence-corrected chi connectivity index (χ1v) is 11.8. The van der Waals surface area contributed by atoms with E-state index in [9.17, 15) is 13.2 Å². The van der Waals surface area contributed by atoms with Gasteiger partial charge in [-0.3, -0.25) is 9.69 Å². The summed E-state index contributed by atoms with van der Waals surface area (Å²) >= 11 is 0. The van der Waals surface area contributed by atoms with Crippen LogP contribution < -0.4 is 10.1 Å². The number of ether oxygens (including phenoxy) is 2. The van der Waals surface area contributed by atoms with Gasteiger partial charge >= 0.3 is 0 Å². The van der Waals surface area contributed by atoms with Crippen LogP contribution in [0.3, 0.4) is 0 Å². The Labute approximate surface area is 173 Å². The smallest absolute Gasteiger partial charge is 0.234 e. The van der Waals surface area contributed by atoms with Gasteiger partial charge in [0.15, 0.2) is 0 Å². The first kappa shape index (κ1) is 22.0. The number of hydrogen-bond acceptors (Lipinski definition) is 6. The Bertz CT molecular complexity index is 835. The number of aryl methyl sites for hydroxylation is 1. The molecule has 2 aliphatic rings. The molecule has 1 spiro atoms. The summed E-state index contributed by atoms with van der Waals surface area (Å²) in [6, 6.07) is 5.92. The summed E-state index contributed by atoms with van der Waals surface area (Å²) in [7, 11) is -1.76. The molecule has 1 aromatic carbocycles. The Morgan fingerprint density at radius 1 is 1.31 bits per heavy atom. The van der Waals surface area contributed by atoms with Crippen molar-refractivity contribution in [3.8, 4) is 5.75 Å². The molecule has 9 heteroatoms. The molecule has 1 N–H and O–H groups in total. The molecule has 0 atom stereocenters. The minimum absolute atomic E-state index is 0.0293. The third-order valence-corrected chi connectivity index (χ3v) is 6.78. The first-order valence-electron chi connectivity index (χ1n) is 9.92. The molecule has 0 bridgehead atoms. The maximum absolute atomic E-state index is 12.4. The zero-order valence-corrected chi connectivity index (χ0v) is 18.3. The van der Waals surface area contributed by atoms with Crippen molar-refractivity contribution in [1.82, 2.24) is 14.5 Å². The standard InChI is InChI=1S/C20H31N3O5S/c1-16-4-5-18-17(12-16)13-23(29(3,25)26)15-20(28-18)6-9-22(10-7-20)14-19(24)21-8-11-27-2/h4-5,12H,6-11,13-15H2,1-3H3,(H,21,24). The number of rotatable bonds is 6. The summed E-state index contributed by atoms with van der Waals surface area (Å²) < 4.78 is 37.7. The predicted octanol–water partition coefficient (Wildman–Crippen LogP) is 0.746. The third-order valence-electron chi connectivity index (χ3n) is 5.59. The number of fused-ring (bicyclic) bond motifs is 1. The van der Waals surface area contributed by atoms with Crippen molar-refractivity contribution in [2.45, 2.75) is 31.9 Å². The molecule has 162 valence electrons. The average Bonchev–Trinajstić information content (AvgIpc) is 2.80. The maximum Gasteiger partial charge on any atom is 0.234 e. The molecule has 2 aliphatic heterocycles. The number of benzene rings is 1. The van der Waals surface area contributed by atoms with Gasteiger partial charge in [0.1, 0.15) is 11.4 Å². The van der Waals surface area contributed by atoms with Gasteiger partial charge in [-0.25, -0.2) is 8.42 Å². The van der Waals surface area contributed by atoms with E-state index < -0.39 is 15.6 Å². The van der Waals surface area contributed by atoms with Gasteiger partial charge in [0, 0.05) is 51.7 Å². The van der Waals surface area contributed by atoms with Gasteiger partial charge in [0.05, 0.1) is 26.0 Å². The molecular weight excluding hydrogens is 394 g/mol. The zero-order valence-electron chi connectivity index (χ0n) is 17.4. The monoisotopic (exact) mass is 425 g/mol. The number of carbonyl (C=O) groups is 1. The van der Waals surface area contributed by atoms with Gasteiger partial charge in [-0.15, -0.1) is 0 Å². The molecule has 8 nitrogen and oxygen atoms in total. The van der Waals surface area contributed by atoms with E-state index in [0.717, 1.165) is 16.9 Å². The first-order chi connectivity index (χ1) is 13.7. The molecule has 0 aromatic heterocycles. The SMILES string of the molecule is COCCNC(=O)CN1CCC2(CC1)CN(S(C)(=O)=O)Cc1cc(C)ccc1O2. The minimum Gasteiger partial charge on any atom is -0.485 e. The highest BCUT2D eigenvalue weighted by Crippen LogP contribution is 2.36. The summed E-state index contributed by atoms with van der Waals surface area (Å²) in [4.78, 5) is 14.1. The van der Waals surface area contributed by atoms with Crippen LogP contribution in [0.4, 0.5) is 0 Å². The van der Waals surface area contributed by atoms with Crippen molar-refractivity contribution in [3.63, 3.8) is 0 Å². The number of nitrogens with one attached hydrogen (secondary N) is 1. The van der Waals surface area contributed by atoms with Crippen molar-refractivity contribution >= 4 is 15.9 Å². The Balaban J connectivity index is 1.70. The number of hydrogen-bond donors (Lipinski definition) is 1. The number of nitrogens with zero attached hydrogens (tertiary/aromatic N) is 2. The Morgan fingerprint density at radius 2 is 2.03 bits per heavy atom. The van der Waals surface area contributed by atoms with Crippen LogP contribution in [0.5, 0.6) is 5.75 Å². The molecule has 0 aliphatic carbocycles. The largest absolute Gasteiger partial charge is 0.485 e. The van der Waals surface area contributed by atoms with Crippen LogP contribution in [0.1, 0.15) is 24.0 Å². The fraction of sp³-hybridized carbons (Fsp3) is 0.650. The van der Waals surface area contributed by atoms with Crippen LogP contribution in [-0.4, -0.2) is 81.8 Å². The van der Waals surface area contributed by atoms with Crippen molar-refractivity contribution in [1.29, 1.82) is 0 Å². The highest BCUT2D eigenvalue weighted by atomic mass is 32.2. The van der Waals surface area contributed by atoms with E-state index in [2.05, 4.69) is 10.2 Å². The third kappa shape index (κ3) is 5.69. The molecule has 1 amide bonds. The fourth-order valence-electron chi connectivity index (χ4n) is 3.93. The van der Waals surface area contributed by atoms with Crippen LogP contribution >= 0.6 is 0 Å². The quantitative estimate of drug-likeness (QED) is 0.677. The van der Waals surface area contributed by atoms with Gasteiger partial charge in [0.2, 0.25) is 15.9 Å². The summed E-state index contributed by atoms with van der Waals surface area (Å²) in [5.41, 5.74) is 1.39. The zero-order chi connectivity index (χ0) is 21.1. The lowest BCUT2D eigenvalue weighted by atomic mass is 9.91. The molecule has 1 saturated heterocycles. The van der Waals surface area contributed by atoms with Gasteiger partial charge in [-0.2, -0.15) is 4.31 Å². The van der Waals surface area contributed by atoms with Gasteiger partial charge in [-0.05, 0) is 13.0 Å². The number of amides is 1. The number of methoxy groups -OCH3 is 1. The van der Waals surface area contributed by atoms with Crippen molar-refractivity contribution in [2.24, 2.45) is 0 Å². The molecule has 29 heavy (non-hydrogen) atoms. The molecular formula is C20H31N3O5S. The van der Waals surface area contributed by atoms with Crippen LogP contribution in [0, 0.1) is 6.92 Å². The average molecular weight is 426 g/mol. The molecule has 3 rings (SSSR count). The number of likely N-dealkylation sites (tertiary alicyclic amines) is 1. The van der Waals surface area contributed by atoms with Crippen LogP contribution in [0.25, 0.3) is 0 Å². The van der Waals surface area contributed by atoms with Crippen molar-refractivity contribution in [2.75, 3.05) is 52.7 Å². The number of carbonyl (C=O) groups excluding carboxylic acids is 1. The van der Waals surface area contributed by atoms with Crippen molar-refractivity contribution < 1.29 is 22.7 Å². The summed E-state index contributed by atoms with van der Waals surface area (Å²) in [5.74, 6) is 0.728. The predicted molar refractivity (Wildman–Crippen MR) is 110 cm³/mol. The van der Waals surface area contributed by atoms with Crippen LogP contribution in [-0.2, 0) is 26.1 Å². The van der Waals surface area contributed by atoms with Gasteiger partial charge in [0.25, 0.3) is 0 Å². The molecule has 1 aromatic rings. The van der Waals surface area contributed by atoms with Crippen LogP contribution in [0.15, 0.2) is 18.2 Å². The lowest BCUT2D eigenvalue weighted by Gasteiger charge is -2.42. The molecule has 0 saturated carbocycles. The van der Waals surface area contributed by atoms with E-state index in [1.807, 2.05) is 25.1 Å². The van der Waals surface area contributed by atoms with Gasteiger partial charge < -0.3 is 14.8 Å².